The zero-order valence-electron chi connectivity index (χ0n) is 17.6. The Hall–Kier alpha value is -2.73. The number of aromatic nitrogens is 1. The molecule has 158 valence electrons. The van der Waals surface area contributed by atoms with Gasteiger partial charge in [0, 0.05) is 17.7 Å². The van der Waals surface area contributed by atoms with E-state index in [0.29, 0.717) is 24.7 Å². The largest absolute Gasteiger partial charge is 0.493 e. The number of aryl methyl sites for hydroxylation is 2. The highest BCUT2D eigenvalue weighted by Gasteiger charge is 2.12. The number of oxazole rings is 1. The van der Waals surface area contributed by atoms with Gasteiger partial charge in [0.15, 0.2) is 0 Å². The number of carbonyl (C=O) groups is 1. The third kappa shape index (κ3) is 6.13. The average molecular weight is 426 g/mol. The Bertz CT molecular complexity index is 966. The van der Waals surface area contributed by atoms with Crippen LogP contribution in [0.1, 0.15) is 29.5 Å². The molecule has 1 aromatic heterocycles. The summed E-state index contributed by atoms with van der Waals surface area (Å²) in [6.07, 6.45) is 1.68. The lowest BCUT2D eigenvalue weighted by molar-refractivity contribution is -0.137. The summed E-state index contributed by atoms with van der Waals surface area (Å²) < 4.78 is 16.4. The van der Waals surface area contributed by atoms with E-state index in [2.05, 4.69) is 28.8 Å². The molecule has 0 bridgehead atoms. The Morgan fingerprint density at radius 1 is 1.13 bits per heavy atom. The topological polar surface area (TPSA) is 61.6 Å². The third-order valence-electron chi connectivity index (χ3n) is 4.72. The van der Waals surface area contributed by atoms with Crippen molar-refractivity contribution in [3.63, 3.8) is 0 Å². The van der Waals surface area contributed by atoms with Gasteiger partial charge in [0.05, 0.1) is 25.2 Å². The number of thioether (sulfide) groups is 1. The minimum absolute atomic E-state index is 0.212. The van der Waals surface area contributed by atoms with Crippen molar-refractivity contribution in [3.8, 4) is 17.2 Å². The van der Waals surface area contributed by atoms with E-state index in [0.717, 1.165) is 40.5 Å². The molecule has 0 aliphatic heterocycles. The number of benzene rings is 2. The second-order valence-corrected chi connectivity index (χ2v) is 7.87. The first kappa shape index (κ1) is 22.0. The molecule has 0 spiro atoms. The Balaban J connectivity index is 1.53. The van der Waals surface area contributed by atoms with E-state index in [-0.39, 0.29) is 5.97 Å². The van der Waals surface area contributed by atoms with Crippen LogP contribution in [0.2, 0.25) is 0 Å². The predicted molar refractivity (Wildman–Crippen MR) is 120 cm³/mol. The van der Waals surface area contributed by atoms with Gasteiger partial charge in [0.25, 0.3) is 0 Å². The van der Waals surface area contributed by atoms with Crippen molar-refractivity contribution in [2.75, 3.05) is 19.5 Å². The standard InChI is InChI=1S/C24H27NO4S/c1-4-18-8-10-20(11-9-18)24-25-22(17(2)29-24)12-13-28-21-7-5-6-19(14-21)15-30-16-23(26)27-3/h5-11,14H,4,12-13,15-16H2,1-3H3. The number of hydrogen-bond donors (Lipinski definition) is 0. The second kappa shape index (κ2) is 10.9. The minimum atomic E-state index is -0.212. The molecular formula is C24H27NO4S. The van der Waals surface area contributed by atoms with Gasteiger partial charge in [-0.2, -0.15) is 0 Å². The number of ether oxygens (including phenoxy) is 2. The highest BCUT2D eigenvalue weighted by Crippen LogP contribution is 2.23. The number of methoxy groups -OCH3 is 1. The normalized spacial score (nSPS) is 10.8. The van der Waals surface area contributed by atoms with E-state index in [4.69, 9.17) is 9.15 Å². The molecule has 1 heterocycles. The third-order valence-corrected chi connectivity index (χ3v) is 5.70. The maximum Gasteiger partial charge on any atom is 0.315 e. The maximum absolute atomic E-state index is 11.2. The first-order chi connectivity index (χ1) is 14.6. The lowest BCUT2D eigenvalue weighted by atomic mass is 10.1. The van der Waals surface area contributed by atoms with E-state index in [1.165, 1.54) is 24.4 Å². The number of hydrogen-bond acceptors (Lipinski definition) is 6. The Morgan fingerprint density at radius 2 is 1.93 bits per heavy atom. The van der Waals surface area contributed by atoms with E-state index < -0.39 is 0 Å². The Labute approximate surface area is 181 Å². The molecule has 3 aromatic rings. The maximum atomic E-state index is 11.2. The fourth-order valence-corrected chi connectivity index (χ4v) is 3.77. The van der Waals surface area contributed by atoms with E-state index in [9.17, 15) is 4.79 Å². The zero-order valence-corrected chi connectivity index (χ0v) is 18.5. The molecule has 5 nitrogen and oxygen atoms in total. The molecule has 0 radical (unpaired) electrons. The summed E-state index contributed by atoms with van der Waals surface area (Å²) >= 11 is 1.52. The van der Waals surface area contributed by atoms with Crippen LogP contribution in [0.5, 0.6) is 5.75 Å². The van der Waals surface area contributed by atoms with Crippen molar-refractivity contribution in [2.45, 2.75) is 32.4 Å². The van der Waals surface area contributed by atoms with Crippen molar-refractivity contribution < 1.29 is 18.7 Å². The monoisotopic (exact) mass is 425 g/mol. The fraction of sp³-hybridized carbons (Fsp3) is 0.333. The fourth-order valence-electron chi connectivity index (χ4n) is 2.97. The average Bonchev–Trinajstić information content (AvgIpc) is 3.14. The van der Waals surface area contributed by atoms with Gasteiger partial charge in [0.1, 0.15) is 11.5 Å². The summed E-state index contributed by atoms with van der Waals surface area (Å²) in [5.41, 5.74) is 4.30. The van der Waals surface area contributed by atoms with E-state index >= 15 is 0 Å². The van der Waals surface area contributed by atoms with E-state index in [1.807, 2.05) is 43.3 Å². The zero-order chi connectivity index (χ0) is 21.3. The summed E-state index contributed by atoms with van der Waals surface area (Å²) in [6.45, 7) is 4.59. The van der Waals surface area contributed by atoms with Gasteiger partial charge in [-0.1, -0.05) is 31.2 Å². The summed E-state index contributed by atoms with van der Waals surface area (Å²) in [5, 5.41) is 0. The Kier molecular flexibility index (Phi) is 7.97. The quantitative estimate of drug-likeness (QED) is 0.414. The van der Waals surface area contributed by atoms with Gasteiger partial charge < -0.3 is 13.9 Å². The predicted octanol–water partition coefficient (Wildman–Crippen LogP) is 5.24. The summed E-state index contributed by atoms with van der Waals surface area (Å²) in [5.74, 6) is 3.14. The van der Waals surface area contributed by atoms with Crippen LogP contribution in [0.3, 0.4) is 0 Å². The first-order valence-electron chi connectivity index (χ1n) is 10.0. The first-order valence-corrected chi connectivity index (χ1v) is 11.2. The van der Waals surface area contributed by atoms with Crippen LogP contribution in [0.25, 0.3) is 11.5 Å². The molecule has 0 N–H and O–H groups in total. The Morgan fingerprint density at radius 3 is 2.67 bits per heavy atom. The van der Waals surface area contributed by atoms with Gasteiger partial charge in [-0.25, -0.2) is 4.98 Å². The molecule has 2 aromatic carbocycles. The molecule has 0 amide bonds. The molecular weight excluding hydrogens is 398 g/mol. The number of carbonyl (C=O) groups excluding carboxylic acids is 1. The summed E-state index contributed by atoms with van der Waals surface area (Å²) in [6, 6.07) is 16.2. The number of esters is 1. The molecule has 0 saturated heterocycles. The molecule has 0 atom stereocenters. The van der Waals surface area contributed by atoms with Crippen LogP contribution in [0, 0.1) is 6.92 Å². The highest BCUT2D eigenvalue weighted by atomic mass is 32.2. The van der Waals surface area contributed by atoms with Crippen molar-refractivity contribution in [3.05, 3.63) is 71.1 Å². The molecule has 6 heteroatoms. The van der Waals surface area contributed by atoms with Gasteiger partial charge in [-0.3, -0.25) is 4.79 Å². The van der Waals surface area contributed by atoms with Gasteiger partial charge in [-0.05, 0) is 48.7 Å². The smallest absolute Gasteiger partial charge is 0.315 e. The molecule has 0 saturated carbocycles. The molecule has 30 heavy (non-hydrogen) atoms. The highest BCUT2D eigenvalue weighted by molar-refractivity contribution is 7.99. The van der Waals surface area contributed by atoms with Gasteiger partial charge in [-0.15, -0.1) is 11.8 Å². The summed E-state index contributed by atoms with van der Waals surface area (Å²) in [4.78, 5) is 15.9. The number of nitrogens with zero attached hydrogens (tertiary/aromatic N) is 1. The molecule has 0 fully saturated rings. The van der Waals surface area contributed by atoms with Gasteiger partial charge in [0.2, 0.25) is 5.89 Å². The molecule has 0 aliphatic rings. The van der Waals surface area contributed by atoms with Crippen molar-refractivity contribution >= 4 is 17.7 Å². The molecule has 0 aliphatic carbocycles. The van der Waals surface area contributed by atoms with Crippen molar-refractivity contribution in [2.24, 2.45) is 0 Å². The minimum Gasteiger partial charge on any atom is -0.493 e. The van der Waals surface area contributed by atoms with Crippen molar-refractivity contribution in [1.29, 1.82) is 0 Å². The van der Waals surface area contributed by atoms with E-state index in [1.54, 1.807) is 0 Å². The number of rotatable bonds is 10. The van der Waals surface area contributed by atoms with Crippen LogP contribution in [0.4, 0.5) is 0 Å². The summed E-state index contributed by atoms with van der Waals surface area (Å²) in [7, 11) is 1.40. The van der Waals surface area contributed by atoms with Crippen molar-refractivity contribution in [1.82, 2.24) is 4.98 Å². The lowest BCUT2D eigenvalue weighted by Crippen LogP contribution is -2.04. The molecule has 0 unspecified atom stereocenters. The second-order valence-electron chi connectivity index (χ2n) is 6.89. The lowest BCUT2D eigenvalue weighted by Gasteiger charge is -2.07. The van der Waals surface area contributed by atoms with Crippen LogP contribution in [-0.4, -0.2) is 30.4 Å². The van der Waals surface area contributed by atoms with Crippen LogP contribution in [0.15, 0.2) is 52.9 Å². The van der Waals surface area contributed by atoms with Crippen LogP contribution < -0.4 is 4.74 Å². The molecule has 3 rings (SSSR count). The van der Waals surface area contributed by atoms with Crippen LogP contribution in [-0.2, 0) is 28.1 Å². The SMILES string of the molecule is CCc1ccc(-c2nc(CCOc3cccc(CSCC(=O)OC)c3)c(C)o2)cc1. The van der Waals surface area contributed by atoms with Crippen LogP contribution >= 0.6 is 11.8 Å². The van der Waals surface area contributed by atoms with Gasteiger partial charge >= 0.3 is 5.97 Å².